The van der Waals surface area contributed by atoms with E-state index in [0.717, 1.165) is 24.2 Å². The van der Waals surface area contributed by atoms with Crippen LogP contribution in [-0.4, -0.2) is 11.2 Å². The number of aliphatic hydroxyl groups excluding tert-OH is 1. The lowest BCUT2D eigenvalue weighted by molar-refractivity contribution is 0.188. The summed E-state index contributed by atoms with van der Waals surface area (Å²) in [5.41, 5.74) is 2.20. The second-order valence-electron chi connectivity index (χ2n) is 4.01. The molecule has 0 radical (unpaired) electrons. The van der Waals surface area contributed by atoms with Gasteiger partial charge in [0.2, 0.25) is 0 Å². The summed E-state index contributed by atoms with van der Waals surface area (Å²) in [6.45, 7) is 3.87. The predicted molar refractivity (Wildman–Crippen MR) is 55.5 cm³/mol. The Kier molecular flexibility index (Phi) is 2.46. The third kappa shape index (κ3) is 1.75. The van der Waals surface area contributed by atoms with E-state index in [0.29, 0.717) is 6.10 Å². The van der Waals surface area contributed by atoms with E-state index in [9.17, 15) is 5.11 Å². The van der Waals surface area contributed by atoms with Crippen LogP contribution in [0.3, 0.4) is 0 Å². The molecule has 2 nitrogen and oxygen atoms in total. The Morgan fingerprint density at radius 2 is 2.29 bits per heavy atom. The van der Waals surface area contributed by atoms with Crippen molar-refractivity contribution in [3.05, 3.63) is 29.3 Å². The van der Waals surface area contributed by atoms with Gasteiger partial charge in [-0.25, -0.2) is 0 Å². The summed E-state index contributed by atoms with van der Waals surface area (Å²) in [6.07, 6.45) is 2.05. The molecule has 1 N–H and O–H groups in total. The molecule has 2 unspecified atom stereocenters. The molecule has 1 aliphatic heterocycles. The zero-order chi connectivity index (χ0) is 10.1. The lowest BCUT2D eigenvalue weighted by Crippen LogP contribution is -2.18. The molecule has 0 fully saturated rings. The summed E-state index contributed by atoms with van der Waals surface area (Å²) in [5.74, 6) is 0.980. The molecule has 0 aromatic heterocycles. The minimum absolute atomic E-state index is 0.319. The van der Waals surface area contributed by atoms with Gasteiger partial charge in [0.15, 0.2) is 0 Å². The first kappa shape index (κ1) is 9.53. The third-order valence-corrected chi connectivity index (χ3v) is 2.72. The van der Waals surface area contributed by atoms with Crippen LogP contribution in [0.1, 0.15) is 37.5 Å². The third-order valence-electron chi connectivity index (χ3n) is 2.72. The molecule has 2 atom stereocenters. The van der Waals surface area contributed by atoms with E-state index in [1.165, 1.54) is 5.56 Å². The van der Waals surface area contributed by atoms with E-state index >= 15 is 0 Å². The fraction of sp³-hybridized carbons (Fsp3) is 0.500. The van der Waals surface area contributed by atoms with Crippen LogP contribution in [0.5, 0.6) is 5.75 Å². The van der Waals surface area contributed by atoms with Crippen molar-refractivity contribution in [1.82, 2.24) is 0 Å². The zero-order valence-corrected chi connectivity index (χ0v) is 8.66. The van der Waals surface area contributed by atoms with E-state index in [-0.39, 0.29) is 6.10 Å². The predicted octanol–water partition coefficient (Wildman–Crippen LogP) is 2.45. The van der Waals surface area contributed by atoms with Crippen LogP contribution in [0.2, 0.25) is 0 Å². The van der Waals surface area contributed by atoms with E-state index in [1.54, 1.807) is 6.92 Å². The number of hydrogen-bond donors (Lipinski definition) is 1. The molecule has 0 aliphatic carbocycles. The number of fused-ring (bicyclic) bond motifs is 1. The normalized spacial score (nSPS) is 22.4. The van der Waals surface area contributed by atoms with Gasteiger partial charge < -0.3 is 9.84 Å². The standard InChI is InChI=1S/C12H16O2/c1-8-3-4-11-7-10(9(2)13)5-6-12(11)14-8/h5-9,13H,3-4H2,1-2H3. The van der Waals surface area contributed by atoms with Gasteiger partial charge in [-0.2, -0.15) is 0 Å². The fourth-order valence-corrected chi connectivity index (χ4v) is 1.80. The Hall–Kier alpha value is -1.02. The number of benzene rings is 1. The molecule has 0 saturated heterocycles. The second kappa shape index (κ2) is 3.62. The lowest BCUT2D eigenvalue weighted by Gasteiger charge is -2.24. The first-order valence-corrected chi connectivity index (χ1v) is 5.14. The van der Waals surface area contributed by atoms with Gasteiger partial charge in [-0.05, 0) is 49.9 Å². The summed E-state index contributed by atoms with van der Waals surface area (Å²) in [7, 11) is 0. The molecular weight excluding hydrogens is 176 g/mol. The van der Waals surface area contributed by atoms with Gasteiger partial charge in [0.05, 0.1) is 12.2 Å². The van der Waals surface area contributed by atoms with Crippen molar-refractivity contribution in [3.63, 3.8) is 0 Å². The minimum atomic E-state index is -0.389. The highest BCUT2D eigenvalue weighted by Crippen LogP contribution is 2.29. The molecule has 0 spiro atoms. The average molecular weight is 192 g/mol. The molecular formula is C12H16O2. The summed E-state index contributed by atoms with van der Waals surface area (Å²) in [4.78, 5) is 0. The molecule has 1 heterocycles. The monoisotopic (exact) mass is 192 g/mol. The second-order valence-corrected chi connectivity index (χ2v) is 4.01. The number of rotatable bonds is 1. The Balaban J connectivity index is 2.31. The van der Waals surface area contributed by atoms with Crippen LogP contribution < -0.4 is 4.74 Å². The summed E-state index contributed by atoms with van der Waals surface area (Å²) >= 11 is 0. The van der Waals surface area contributed by atoms with Gasteiger partial charge in [-0.1, -0.05) is 6.07 Å². The minimum Gasteiger partial charge on any atom is -0.490 e. The molecule has 1 aromatic carbocycles. The molecule has 76 valence electrons. The smallest absolute Gasteiger partial charge is 0.122 e. The van der Waals surface area contributed by atoms with Gasteiger partial charge in [-0.15, -0.1) is 0 Å². The maximum absolute atomic E-state index is 9.44. The summed E-state index contributed by atoms with van der Waals surface area (Å²) < 4.78 is 5.68. The summed E-state index contributed by atoms with van der Waals surface area (Å²) in [5, 5.41) is 9.44. The van der Waals surface area contributed by atoms with Gasteiger partial charge in [0, 0.05) is 0 Å². The molecule has 1 aromatic rings. The lowest BCUT2D eigenvalue weighted by atomic mass is 9.99. The molecule has 14 heavy (non-hydrogen) atoms. The molecule has 1 aliphatic rings. The SMILES string of the molecule is CC1CCc2cc(C(C)O)ccc2O1. The van der Waals surface area contributed by atoms with Crippen molar-refractivity contribution in [2.24, 2.45) is 0 Å². The van der Waals surface area contributed by atoms with Gasteiger partial charge in [-0.3, -0.25) is 0 Å². The highest BCUT2D eigenvalue weighted by atomic mass is 16.5. The largest absolute Gasteiger partial charge is 0.490 e. The Labute approximate surface area is 84.5 Å². The van der Waals surface area contributed by atoms with Crippen molar-refractivity contribution < 1.29 is 9.84 Å². The number of ether oxygens (including phenoxy) is 1. The van der Waals surface area contributed by atoms with Crippen LogP contribution in [0.15, 0.2) is 18.2 Å². The van der Waals surface area contributed by atoms with Gasteiger partial charge in [0.1, 0.15) is 5.75 Å². The van der Waals surface area contributed by atoms with E-state index < -0.39 is 0 Å². The van der Waals surface area contributed by atoms with Crippen molar-refractivity contribution in [2.45, 2.75) is 38.9 Å². The van der Waals surface area contributed by atoms with Crippen LogP contribution in [-0.2, 0) is 6.42 Å². The van der Waals surface area contributed by atoms with Gasteiger partial charge >= 0.3 is 0 Å². The first-order chi connectivity index (χ1) is 6.66. The van der Waals surface area contributed by atoms with E-state index in [1.807, 2.05) is 18.2 Å². The number of aliphatic hydroxyl groups is 1. The van der Waals surface area contributed by atoms with Crippen LogP contribution in [0, 0.1) is 0 Å². The van der Waals surface area contributed by atoms with E-state index in [2.05, 4.69) is 6.92 Å². The van der Waals surface area contributed by atoms with Crippen LogP contribution in [0.25, 0.3) is 0 Å². The Bertz CT molecular complexity index is 331. The van der Waals surface area contributed by atoms with Crippen LogP contribution >= 0.6 is 0 Å². The molecule has 2 heteroatoms. The quantitative estimate of drug-likeness (QED) is 0.740. The van der Waals surface area contributed by atoms with E-state index in [4.69, 9.17) is 4.74 Å². The van der Waals surface area contributed by atoms with Crippen molar-refractivity contribution in [3.8, 4) is 5.75 Å². The maximum atomic E-state index is 9.44. The molecule has 0 saturated carbocycles. The van der Waals surface area contributed by atoms with Gasteiger partial charge in [0.25, 0.3) is 0 Å². The van der Waals surface area contributed by atoms with Crippen LogP contribution in [0.4, 0.5) is 0 Å². The van der Waals surface area contributed by atoms with Crippen molar-refractivity contribution >= 4 is 0 Å². The zero-order valence-electron chi connectivity index (χ0n) is 8.66. The molecule has 0 amide bonds. The fourth-order valence-electron chi connectivity index (χ4n) is 1.80. The molecule has 2 rings (SSSR count). The highest BCUT2D eigenvalue weighted by Gasteiger charge is 2.16. The summed E-state index contributed by atoms with van der Waals surface area (Å²) in [6, 6.07) is 5.94. The van der Waals surface area contributed by atoms with Crippen molar-refractivity contribution in [2.75, 3.05) is 0 Å². The maximum Gasteiger partial charge on any atom is 0.122 e. The Morgan fingerprint density at radius 3 is 3.00 bits per heavy atom. The Morgan fingerprint density at radius 1 is 1.50 bits per heavy atom. The highest BCUT2D eigenvalue weighted by molar-refractivity contribution is 5.39. The number of aryl methyl sites for hydroxylation is 1. The molecule has 0 bridgehead atoms. The number of hydrogen-bond acceptors (Lipinski definition) is 2. The topological polar surface area (TPSA) is 29.5 Å². The first-order valence-electron chi connectivity index (χ1n) is 5.14. The van der Waals surface area contributed by atoms with Crippen molar-refractivity contribution in [1.29, 1.82) is 0 Å². The average Bonchev–Trinajstić information content (AvgIpc) is 2.16.